The molecule has 5 N–H and O–H groups in total. The van der Waals surface area contributed by atoms with Gasteiger partial charge in [0.25, 0.3) is 0 Å². The molecule has 0 saturated carbocycles. The summed E-state index contributed by atoms with van der Waals surface area (Å²) >= 11 is 0. The number of nitrogens with two attached hydrogens (primary N) is 1. The van der Waals surface area contributed by atoms with Crippen LogP contribution in [0.15, 0.2) is 11.9 Å². The molecule has 0 saturated heterocycles. The summed E-state index contributed by atoms with van der Waals surface area (Å²) in [7, 11) is 0. The molecule has 16 heavy (non-hydrogen) atoms. The first kappa shape index (κ1) is 14.7. The number of carbonyl (C=O) groups is 1. The maximum Gasteiger partial charge on any atom is 0.323 e. The Bertz CT molecular complexity index is 277. The fourth-order valence-electron chi connectivity index (χ4n) is 0.926. The van der Waals surface area contributed by atoms with Gasteiger partial charge >= 0.3 is 5.97 Å². The normalized spacial score (nSPS) is 15.6. The van der Waals surface area contributed by atoms with E-state index >= 15 is 0 Å². The van der Waals surface area contributed by atoms with Crippen molar-refractivity contribution in [1.82, 2.24) is 5.32 Å². The number of allylic oxidation sites excluding steroid dienone is 1. The molecule has 0 aromatic carbocycles. The zero-order chi connectivity index (χ0) is 12.6. The van der Waals surface area contributed by atoms with E-state index in [-0.39, 0.29) is 12.8 Å². The predicted octanol–water partition coefficient (Wildman–Crippen LogP) is 0.661. The molecule has 5 nitrogen and oxygen atoms in total. The second-order valence-corrected chi connectivity index (χ2v) is 3.74. The van der Waals surface area contributed by atoms with Gasteiger partial charge in [0.1, 0.15) is 5.54 Å². The van der Waals surface area contributed by atoms with Crippen LogP contribution in [0, 0.1) is 5.41 Å². The van der Waals surface area contributed by atoms with Crippen molar-refractivity contribution in [2.75, 3.05) is 13.1 Å². The molecule has 0 aromatic rings. The summed E-state index contributed by atoms with van der Waals surface area (Å²) in [4.78, 5) is 10.6. The molecule has 6 heteroatoms. The predicted molar refractivity (Wildman–Crippen MR) is 60.3 cm³/mol. The first-order chi connectivity index (χ1) is 7.40. The maximum atomic E-state index is 13.1. The molecule has 0 fully saturated rings. The van der Waals surface area contributed by atoms with E-state index in [1.54, 1.807) is 0 Å². The third-order valence-corrected chi connectivity index (χ3v) is 2.09. The molecule has 0 amide bonds. The molecule has 0 rings (SSSR count). The molecular weight excluding hydrogens is 213 g/mol. The monoisotopic (exact) mass is 231 g/mol. The van der Waals surface area contributed by atoms with Crippen molar-refractivity contribution in [3.05, 3.63) is 11.9 Å². The fraction of sp³-hybridized carbons (Fsp3) is 0.600. The molecule has 0 aromatic heterocycles. The van der Waals surface area contributed by atoms with Crippen LogP contribution >= 0.6 is 0 Å². The van der Waals surface area contributed by atoms with Crippen molar-refractivity contribution >= 4 is 12.2 Å². The van der Waals surface area contributed by atoms with E-state index in [1.165, 1.54) is 19.2 Å². The lowest BCUT2D eigenvalue weighted by Gasteiger charge is -2.17. The quantitative estimate of drug-likeness (QED) is 0.364. The average Bonchev–Trinajstić information content (AvgIpc) is 2.21. The Morgan fingerprint density at radius 3 is 2.75 bits per heavy atom. The molecule has 0 aliphatic rings. The van der Waals surface area contributed by atoms with E-state index in [0.717, 1.165) is 0 Å². The van der Waals surface area contributed by atoms with E-state index in [0.29, 0.717) is 13.1 Å². The van der Waals surface area contributed by atoms with Gasteiger partial charge in [-0.1, -0.05) is 0 Å². The Morgan fingerprint density at radius 2 is 2.25 bits per heavy atom. The highest BCUT2D eigenvalue weighted by molar-refractivity contribution is 5.77. The van der Waals surface area contributed by atoms with E-state index in [4.69, 9.17) is 16.2 Å². The van der Waals surface area contributed by atoms with Crippen LogP contribution in [0.2, 0.25) is 0 Å². The second-order valence-electron chi connectivity index (χ2n) is 3.74. The van der Waals surface area contributed by atoms with Crippen molar-refractivity contribution in [1.29, 1.82) is 5.41 Å². The number of hydrogen-bond donors (Lipinski definition) is 4. The van der Waals surface area contributed by atoms with Crippen LogP contribution in [-0.4, -0.2) is 35.9 Å². The van der Waals surface area contributed by atoms with Crippen LogP contribution in [0.25, 0.3) is 0 Å². The van der Waals surface area contributed by atoms with Crippen molar-refractivity contribution in [3.8, 4) is 0 Å². The second kappa shape index (κ2) is 7.08. The Morgan fingerprint density at radius 1 is 1.62 bits per heavy atom. The molecule has 1 atom stereocenters. The van der Waals surface area contributed by atoms with Gasteiger partial charge in [-0.3, -0.25) is 4.79 Å². The standard InChI is InChI=1S/C10H18FN3O2/c1-10(13,9(15)16)4-2-8(11)3-6-14-7-5-12/h3,5,12,14H,2,4,6-7,13H2,1H3,(H,15,16)/b8-3-,12-5?. The Kier molecular flexibility index (Phi) is 6.52. The molecule has 0 aliphatic carbocycles. The lowest BCUT2D eigenvalue weighted by atomic mass is 9.97. The molecule has 92 valence electrons. The number of carboxylic acids is 1. The van der Waals surface area contributed by atoms with E-state index < -0.39 is 17.3 Å². The number of rotatable bonds is 8. The largest absolute Gasteiger partial charge is 0.480 e. The number of nitrogens with one attached hydrogen (secondary N) is 2. The van der Waals surface area contributed by atoms with Gasteiger partial charge in [0.05, 0.1) is 5.83 Å². The summed E-state index contributed by atoms with van der Waals surface area (Å²) in [6.07, 6.45) is 2.55. The molecule has 0 heterocycles. The zero-order valence-electron chi connectivity index (χ0n) is 9.29. The van der Waals surface area contributed by atoms with E-state index in [9.17, 15) is 9.18 Å². The summed E-state index contributed by atoms with van der Waals surface area (Å²) < 4.78 is 13.1. The maximum absolute atomic E-state index is 13.1. The highest BCUT2D eigenvalue weighted by Gasteiger charge is 2.27. The third-order valence-electron chi connectivity index (χ3n) is 2.09. The summed E-state index contributed by atoms with van der Waals surface area (Å²) in [5, 5.41) is 18.2. The molecule has 0 radical (unpaired) electrons. The Hall–Kier alpha value is -1.27. The first-order valence-electron chi connectivity index (χ1n) is 4.96. The van der Waals surface area contributed by atoms with Crippen molar-refractivity contribution in [3.63, 3.8) is 0 Å². The molecular formula is C10H18FN3O2. The zero-order valence-corrected chi connectivity index (χ0v) is 9.29. The average molecular weight is 231 g/mol. The van der Waals surface area contributed by atoms with Gasteiger partial charge in [0.15, 0.2) is 0 Å². The van der Waals surface area contributed by atoms with Crippen LogP contribution in [0.4, 0.5) is 4.39 Å². The third kappa shape index (κ3) is 6.26. The number of halogens is 1. The van der Waals surface area contributed by atoms with Gasteiger partial charge in [0, 0.05) is 25.7 Å². The van der Waals surface area contributed by atoms with Gasteiger partial charge in [-0.2, -0.15) is 0 Å². The van der Waals surface area contributed by atoms with Crippen LogP contribution in [0.1, 0.15) is 19.8 Å². The van der Waals surface area contributed by atoms with Crippen LogP contribution in [0.5, 0.6) is 0 Å². The van der Waals surface area contributed by atoms with Crippen molar-refractivity contribution in [2.45, 2.75) is 25.3 Å². The number of carboxylic acid groups (broad SMARTS) is 1. The smallest absolute Gasteiger partial charge is 0.323 e. The number of aliphatic carboxylic acids is 1. The lowest BCUT2D eigenvalue weighted by Crippen LogP contribution is -2.44. The Balaban J connectivity index is 3.92. The van der Waals surface area contributed by atoms with Gasteiger partial charge < -0.3 is 21.6 Å². The molecule has 1 unspecified atom stereocenters. The minimum Gasteiger partial charge on any atom is -0.480 e. The highest BCUT2D eigenvalue weighted by Crippen LogP contribution is 2.14. The molecule has 0 aliphatic heterocycles. The summed E-state index contributed by atoms with van der Waals surface area (Å²) in [5.41, 5.74) is 4.05. The van der Waals surface area contributed by atoms with Gasteiger partial charge in [-0.15, -0.1) is 0 Å². The summed E-state index contributed by atoms with van der Waals surface area (Å²) in [6.45, 7) is 2.05. The lowest BCUT2D eigenvalue weighted by molar-refractivity contribution is -0.142. The fourth-order valence-corrected chi connectivity index (χ4v) is 0.926. The topological polar surface area (TPSA) is 99.2 Å². The minimum atomic E-state index is -1.40. The van der Waals surface area contributed by atoms with Gasteiger partial charge in [0.2, 0.25) is 0 Å². The van der Waals surface area contributed by atoms with Crippen molar-refractivity contribution < 1.29 is 14.3 Å². The van der Waals surface area contributed by atoms with E-state index in [2.05, 4.69) is 5.32 Å². The van der Waals surface area contributed by atoms with Crippen molar-refractivity contribution in [2.24, 2.45) is 5.73 Å². The van der Waals surface area contributed by atoms with E-state index in [1.807, 2.05) is 0 Å². The van der Waals surface area contributed by atoms with Gasteiger partial charge in [-0.25, -0.2) is 4.39 Å². The summed E-state index contributed by atoms with van der Waals surface area (Å²) in [6, 6.07) is 0. The minimum absolute atomic E-state index is 0.00553. The summed E-state index contributed by atoms with van der Waals surface area (Å²) in [5.74, 6) is -1.53. The van der Waals surface area contributed by atoms with Crippen LogP contribution < -0.4 is 11.1 Å². The first-order valence-corrected chi connectivity index (χ1v) is 4.96. The van der Waals surface area contributed by atoms with Gasteiger partial charge in [-0.05, 0) is 19.4 Å². The van der Waals surface area contributed by atoms with Crippen LogP contribution in [-0.2, 0) is 4.79 Å². The number of hydrogen-bond acceptors (Lipinski definition) is 4. The molecule has 0 bridgehead atoms. The Labute approximate surface area is 94.0 Å². The van der Waals surface area contributed by atoms with Crippen LogP contribution in [0.3, 0.4) is 0 Å². The molecule has 0 spiro atoms. The highest BCUT2D eigenvalue weighted by atomic mass is 19.1. The SMILES string of the molecule is CC(N)(CC/C(F)=C/CNCC=N)C(=O)O.